The highest BCUT2D eigenvalue weighted by Crippen LogP contribution is 2.24. The molecule has 2 heterocycles. The van der Waals surface area contributed by atoms with E-state index >= 15 is 0 Å². The molecular formula is C21H20N4O2S2. The zero-order valence-electron chi connectivity index (χ0n) is 16.1. The Morgan fingerprint density at radius 3 is 2.83 bits per heavy atom. The third kappa shape index (κ3) is 4.83. The standard InChI is InChI=1S/C21H20N4O2S2/c1-13-6-5-8-15(14(13)2)22-18(26)12-28-21-25-24-19(27-21)10-11-20-23-16-7-3-4-9-17(16)29-20/h3-9H,10-12H2,1-2H3,(H,22,26). The van der Waals surface area contributed by atoms with Gasteiger partial charge in [-0.1, -0.05) is 36.0 Å². The van der Waals surface area contributed by atoms with Crippen LogP contribution in [-0.4, -0.2) is 26.8 Å². The Balaban J connectivity index is 1.28. The highest BCUT2D eigenvalue weighted by atomic mass is 32.2. The van der Waals surface area contributed by atoms with Gasteiger partial charge in [0.1, 0.15) is 0 Å². The van der Waals surface area contributed by atoms with E-state index in [0.717, 1.165) is 33.8 Å². The van der Waals surface area contributed by atoms with E-state index in [0.29, 0.717) is 17.5 Å². The molecule has 0 aliphatic heterocycles. The Bertz CT molecular complexity index is 1120. The van der Waals surface area contributed by atoms with E-state index in [1.165, 1.54) is 16.5 Å². The monoisotopic (exact) mass is 424 g/mol. The van der Waals surface area contributed by atoms with Gasteiger partial charge >= 0.3 is 0 Å². The maximum atomic E-state index is 12.2. The number of hydrogen-bond acceptors (Lipinski definition) is 7. The van der Waals surface area contributed by atoms with Gasteiger partial charge in [-0.2, -0.15) is 0 Å². The van der Waals surface area contributed by atoms with E-state index in [2.05, 4.69) is 26.6 Å². The normalized spacial score (nSPS) is 11.1. The molecule has 148 valence electrons. The molecule has 6 nitrogen and oxygen atoms in total. The van der Waals surface area contributed by atoms with Crippen molar-refractivity contribution in [3.05, 3.63) is 64.5 Å². The molecule has 0 bridgehead atoms. The average molecular weight is 425 g/mol. The van der Waals surface area contributed by atoms with Gasteiger partial charge in [0.15, 0.2) is 0 Å². The van der Waals surface area contributed by atoms with Crippen molar-refractivity contribution in [2.45, 2.75) is 31.9 Å². The Labute approximate surface area is 176 Å². The van der Waals surface area contributed by atoms with E-state index in [9.17, 15) is 4.79 Å². The fourth-order valence-electron chi connectivity index (χ4n) is 2.84. The molecule has 0 spiro atoms. The van der Waals surface area contributed by atoms with E-state index in [4.69, 9.17) is 4.42 Å². The molecule has 29 heavy (non-hydrogen) atoms. The fraction of sp³-hybridized carbons (Fsp3) is 0.238. The summed E-state index contributed by atoms with van der Waals surface area (Å²) >= 11 is 2.92. The highest BCUT2D eigenvalue weighted by Gasteiger charge is 2.12. The van der Waals surface area contributed by atoms with E-state index in [1.807, 2.05) is 50.2 Å². The first-order chi connectivity index (χ1) is 14.1. The van der Waals surface area contributed by atoms with Gasteiger partial charge in [-0.15, -0.1) is 21.5 Å². The number of carbonyl (C=O) groups is 1. The molecule has 4 aromatic rings. The summed E-state index contributed by atoms with van der Waals surface area (Å²) in [6.45, 7) is 4.02. The van der Waals surface area contributed by atoms with Crippen LogP contribution in [0.25, 0.3) is 10.2 Å². The third-order valence-electron chi connectivity index (χ3n) is 4.54. The van der Waals surface area contributed by atoms with Crippen LogP contribution in [-0.2, 0) is 17.6 Å². The predicted molar refractivity (Wildman–Crippen MR) is 117 cm³/mol. The van der Waals surface area contributed by atoms with Crippen LogP contribution in [0.1, 0.15) is 22.0 Å². The van der Waals surface area contributed by atoms with Crippen molar-refractivity contribution in [1.82, 2.24) is 15.2 Å². The van der Waals surface area contributed by atoms with E-state index in [1.54, 1.807) is 11.3 Å². The molecule has 0 atom stereocenters. The number of fused-ring (bicyclic) bond motifs is 1. The Morgan fingerprint density at radius 1 is 1.10 bits per heavy atom. The van der Waals surface area contributed by atoms with E-state index in [-0.39, 0.29) is 11.7 Å². The molecule has 0 aliphatic rings. The first-order valence-electron chi connectivity index (χ1n) is 9.24. The van der Waals surface area contributed by atoms with Crippen molar-refractivity contribution in [2.24, 2.45) is 0 Å². The van der Waals surface area contributed by atoms with Crippen LogP contribution in [0.2, 0.25) is 0 Å². The highest BCUT2D eigenvalue weighted by molar-refractivity contribution is 7.99. The summed E-state index contributed by atoms with van der Waals surface area (Å²) < 4.78 is 6.84. The molecule has 4 rings (SSSR count). The summed E-state index contributed by atoms with van der Waals surface area (Å²) in [5.74, 6) is 0.673. The summed E-state index contributed by atoms with van der Waals surface area (Å²) in [6, 6.07) is 13.9. The van der Waals surface area contributed by atoms with Gasteiger partial charge in [0.2, 0.25) is 11.8 Å². The topological polar surface area (TPSA) is 80.9 Å². The van der Waals surface area contributed by atoms with Crippen molar-refractivity contribution in [1.29, 1.82) is 0 Å². The van der Waals surface area contributed by atoms with Gasteiger partial charge in [-0.25, -0.2) is 4.98 Å². The maximum Gasteiger partial charge on any atom is 0.277 e. The second-order valence-corrected chi connectivity index (χ2v) is 8.66. The summed E-state index contributed by atoms with van der Waals surface area (Å²) in [7, 11) is 0. The Morgan fingerprint density at radius 2 is 1.97 bits per heavy atom. The van der Waals surface area contributed by atoms with Gasteiger partial charge in [0.25, 0.3) is 5.22 Å². The number of anilines is 1. The molecule has 1 N–H and O–H groups in total. The van der Waals surface area contributed by atoms with Gasteiger partial charge in [-0.05, 0) is 43.2 Å². The number of nitrogens with zero attached hydrogens (tertiary/aromatic N) is 3. The number of aromatic nitrogens is 3. The molecule has 2 aromatic carbocycles. The number of thiazole rings is 1. The van der Waals surface area contributed by atoms with Crippen LogP contribution in [0.3, 0.4) is 0 Å². The molecule has 0 aliphatic carbocycles. The first kappa shape index (κ1) is 19.6. The number of thioether (sulfide) groups is 1. The number of rotatable bonds is 7. The fourth-order valence-corrected chi connectivity index (χ4v) is 4.39. The summed E-state index contributed by atoms with van der Waals surface area (Å²) in [4.78, 5) is 16.8. The maximum absolute atomic E-state index is 12.2. The number of benzene rings is 2. The minimum Gasteiger partial charge on any atom is -0.416 e. The molecule has 0 saturated heterocycles. The number of amides is 1. The lowest BCUT2D eigenvalue weighted by atomic mass is 10.1. The number of aryl methyl sites for hydroxylation is 3. The number of para-hydroxylation sites is 1. The summed E-state index contributed by atoms with van der Waals surface area (Å²) in [5, 5.41) is 12.5. The van der Waals surface area contributed by atoms with E-state index < -0.39 is 0 Å². The van der Waals surface area contributed by atoms with Gasteiger partial charge in [0, 0.05) is 18.5 Å². The lowest BCUT2D eigenvalue weighted by molar-refractivity contribution is -0.113. The van der Waals surface area contributed by atoms with Gasteiger partial charge in [0.05, 0.1) is 21.0 Å². The minimum absolute atomic E-state index is 0.0991. The molecule has 0 saturated carbocycles. The SMILES string of the molecule is Cc1cccc(NC(=O)CSc2nnc(CCc3nc4ccccc4s3)o2)c1C. The van der Waals surface area contributed by atoms with Crippen molar-refractivity contribution >= 4 is 44.9 Å². The zero-order valence-corrected chi connectivity index (χ0v) is 17.8. The van der Waals surface area contributed by atoms with Crippen molar-refractivity contribution in [3.63, 3.8) is 0 Å². The van der Waals surface area contributed by atoms with Crippen LogP contribution in [0.5, 0.6) is 0 Å². The summed E-state index contributed by atoms with van der Waals surface area (Å²) in [5.41, 5.74) is 4.06. The average Bonchev–Trinajstić information content (AvgIpc) is 3.34. The second-order valence-electron chi connectivity index (χ2n) is 6.62. The summed E-state index contributed by atoms with van der Waals surface area (Å²) in [6.07, 6.45) is 1.38. The number of nitrogens with one attached hydrogen (secondary N) is 1. The van der Waals surface area contributed by atoms with Crippen molar-refractivity contribution < 1.29 is 9.21 Å². The Kier molecular flexibility index (Phi) is 5.92. The van der Waals surface area contributed by atoms with Crippen LogP contribution in [0.15, 0.2) is 52.1 Å². The molecule has 1 amide bonds. The second kappa shape index (κ2) is 8.75. The number of hydrogen-bond donors (Lipinski definition) is 1. The first-order valence-corrected chi connectivity index (χ1v) is 11.0. The predicted octanol–water partition coefficient (Wildman–Crippen LogP) is 4.81. The van der Waals surface area contributed by atoms with Crippen LogP contribution in [0, 0.1) is 13.8 Å². The van der Waals surface area contributed by atoms with Crippen molar-refractivity contribution in [3.8, 4) is 0 Å². The molecule has 0 fully saturated rings. The minimum atomic E-state index is -0.0991. The van der Waals surface area contributed by atoms with Crippen LogP contribution in [0.4, 0.5) is 5.69 Å². The number of carbonyl (C=O) groups excluding carboxylic acids is 1. The molecule has 0 radical (unpaired) electrons. The third-order valence-corrected chi connectivity index (χ3v) is 6.46. The molecule has 8 heteroatoms. The largest absolute Gasteiger partial charge is 0.416 e. The lowest BCUT2D eigenvalue weighted by Gasteiger charge is -2.09. The van der Waals surface area contributed by atoms with Crippen LogP contribution >= 0.6 is 23.1 Å². The molecule has 0 unspecified atom stereocenters. The van der Waals surface area contributed by atoms with Gasteiger partial charge < -0.3 is 9.73 Å². The smallest absolute Gasteiger partial charge is 0.277 e. The lowest BCUT2D eigenvalue weighted by Crippen LogP contribution is -2.15. The Hall–Kier alpha value is -2.71. The van der Waals surface area contributed by atoms with Gasteiger partial charge in [-0.3, -0.25) is 4.79 Å². The quantitative estimate of drug-likeness (QED) is 0.429. The van der Waals surface area contributed by atoms with Crippen LogP contribution < -0.4 is 5.32 Å². The molecular weight excluding hydrogens is 404 g/mol. The molecule has 2 aromatic heterocycles. The zero-order chi connectivity index (χ0) is 20.2. The van der Waals surface area contributed by atoms with Crippen molar-refractivity contribution in [2.75, 3.05) is 11.1 Å².